The lowest BCUT2D eigenvalue weighted by molar-refractivity contribution is 0.149. The van der Waals surface area contributed by atoms with Crippen molar-refractivity contribution in [3.8, 4) is 11.8 Å². The van der Waals surface area contributed by atoms with Crippen LogP contribution in [0.25, 0.3) is 0 Å². The molecule has 6 heteroatoms. The molecule has 0 atom stereocenters. The van der Waals surface area contributed by atoms with Crippen LogP contribution in [0, 0.1) is 11.3 Å². The number of hydrogen-bond donors (Lipinski definition) is 2. The molecule has 6 nitrogen and oxygen atoms in total. The summed E-state index contributed by atoms with van der Waals surface area (Å²) in [6.45, 7) is 0. The molecule has 1 aliphatic rings. The van der Waals surface area contributed by atoms with Crippen molar-refractivity contribution in [1.29, 1.82) is 5.26 Å². The summed E-state index contributed by atoms with van der Waals surface area (Å²) in [5, 5.41) is 12.5. The van der Waals surface area contributed by atoms with Gasteiger partial charge in [0.1, 0.15) is 17.4 Å². The van der Waals surface area contributed by atoms with Crippen molar-refractivity contribution < 1.29 is 4.74 Å². The molecule has 0 unspecified atom stereocenters. The number of nitrogens with zero attached hydrogens (tertiary/aromatic N) is 3. The molecule has 0 spiro atoms. The van der Waals surface area contributed by atoms with Crippen LogP contribution in [0.15, 0.2) is 36.7 Å². The van der Waals surface area contributed by atoms with Crippen LogP contribution in [-0.4, -0.2) is 22.1 Å². The van der Waals surface area contributed by atoms with E-state index in [9.17, 15) is 5.26 Å². The van der Waals surface area contributed by atoms with Crippen LogP contribution in [0.2, 0.25) is 0 Å². The first-order valence-electron chi connectivity index (χ1n) is 7.75. The molecule has 1 aromatic heterocycles. The maximum absolute atomic E-state index is 9.20. The molecule has 1 saturated carbocycles. The number of hydrogen-bond acceptors (Lipinski definition) is 6. The van der Waals surface area contributed by atoms with Crippen LogP contribution in [0.5, 0.6) is 5.75 Å². The van der Waals surface area contributed by atoms with Crippen molar-refractivity contribution in [3.63, 3.8) is 0 Å². The summed E-state index contributed by atoms with van der Waals surface area (Å²) in [5.74, 6) is 1.25. The maximum Gasteiger partial charge on any atom is 0.222 e. The molecule has 1 fully saturated rings. The fraction of sp³-hybridized carbons (Fsp3) is 0.353. The summed E-state index contributed by atoms with van der Waals surface area (Å²) in [6, 6.07) is 9.60. The first-order chi connectivity index (χ1) is 11.3. The van der Waals surface area contributed by atoms with E-state index in [4.69, 9.17) is 10.5 Å². The van der Waals surface area contributed by atoms with Gasteiger partial charge in [-0.1, -0.05) is 6.07 Å². The van der Waals surface area contributed by atoms with Gasteiger partial charge in [-0.2, -0.15) is 5.26 Å². The van der Waals surface area contributed by atoms with Crippen molar-refractivity contribution in [3.05, 3.63) is 42.2 Å². The number of aromatic nitrogens is 2. The van der Waals surface area contributed by atoms with Gasteiger partial charge in [-0.3, -0.25) is 0 Å². The molecular formula is C17H19N5O. The van der Waals surface area contributed by atoms with E-state index >= 15 is 0 Å². The standard InChI is InChI=1S/C17H19N5O/c18-11-14-15(19)3-1-4-16(14)23-13-7-5-12(6-8-13)22-17-20-9-2-10-21-17/h1-4,9-10,12-13H,5-8,19H2,(H,20,21,22). The number of anilines is 2. The van der Waals surface area contributed by atoms with Crippen LogP contribution in [0.3, 0.4) is 0 Å². The first kappa shape index (κ1) is 15.1. The molecule has 3 rings (SSSR count). The van der Waals surface area contributed by atoms with Crippen molar-refractivity contribution in [1.82, 2.24) is 9.97 Å². The molecule has 0 aliphatic heterocycles. The van der Waals surface area contributed by atoms with Crippen molar-refractivity contribution in [2.75, 3.05) is 11.1 Å². The Labute approximate surface area is 135 Å². The Balaban J connectivity index is 1.56. The summed E-state index contributed by atoms with van der Waals surface area (Å²) < 4.78 is 6.00. The molecule has 0 amide bonds. The van der Waals surface area contributed by atoms with Crippen LogP contribution in [0.4, 0.5) is 11.6 Å². The van der Waals surface area contributed by atoms with E-state index in [1.165, 1.54) is 0 Å². The number of nitrogen functional groups attached to an aromatic ring is 1. The number of ether oxygens (including phenoxy) is 1. The maximum atomic E-state index is 9.20. The summed E-state index contributed by atoms with van der Waals surface area (Å²) in [6.07, 6.45) is 7.37. The second-order valence-electron chi connectivity index (χ2n) is 5.64. The highest BCUT2D eigenvalue weighted by Crippen LogP contribution is 2.29. The van der Waals surface area contributed by atoms with Gasteiger partial charge in [0.05, 0.1) is 11.8 Å². The Morgan fingerprint density at radius 2 is 1.87 bits per heavy atom. The number of benzene rings is 1. The Bertz CT molecular complexity index is 690. The fourth-order valence-electron chi connectivity index (χ4n) is 2.83. The Morgan fingerprint density at radius 1 is 1.13 bits per heavy atom. The number of rotatable bonds is 4. The van der Waals surface area contributed by atoms with E-state index in [0.717, 1.165) is 25.7 Å². The Hall–Kier alpha value is -2.81. The zero-order valence-corrected chi connectivity index (χ0v) is 12.8. The largest absolute Gasteiger partial charge is 0.489 e. The monoisotopic (exact) mass is 309 g/mol. The normalized spacial score (nSPS) is 20.5. The first-order valence-corrected chi connectivity index (χ1v) is 7.75. The molecule has 23 heavy (non-hydrogen) atoms. The van der Waals surface area contributed by atoms with Gasteiger partial charge in [-0.25, -0.2) is 9.97 Å². The highest BCUT2D eigenvalue weighted by atomic mass is 16.5. The smallest absolute Gasteiger partial charge is 0.222 e. The predicted molar refractivity (Wildman–Crippen MR) is 87.9 cm³/mol. The van der Waals surface area contributed by atoms with Gasteiger partial charge in [-0.05, 0) is 43.9 Å². The SMILES string of the molecule is N#Cc1c(N)cccc1OC1CCC(Nc2ncccn2)CC1. The van der Waals surface area contributed by atoms with Crippen LogP contribution >= 0.6 is 0 Å². The molecule has 3 N–H and O–H groups in total. The van der Waals surface area contributed by atoms with Crippen LogP contribution in [0.1, 0.15) is 31.2 Å². The van der Waals surface area contributed by atoms with E-state index in [2.05, 4.69) is 21.4 Å². The number of nitrogens with one attached hydrogen (secondary N) is 1. The lowest BCUT2D eigenvalue weighted by Gasteiger charge is -2.29. The minimum Gasteiger partial charge on any atom is -0.489 e. The van der Waals surface area contributed by atoms with Gasteiger partial charge in [0.2, 0.25) is 5.95 Å². The molecule has 1 aliphatic carbocycles. The van der Waals surface area contributed by atoms with Gasteiger partial charge in [0, 0.05) is 18.4 Å². The van der Waals surface area contributed by atoms with Crippen molar-refractivity contribution in [2.24, 2.45) is 0 Å². The molecule has 0 saturated heterocycles. The third kappa shape index (κ3) is 3.69. The summed E-state index contributed by atoms with van der Waals surface area (Å²) in [7, 11) is 0. The molecule has 0 bridgehead atoms. The van der Waals surface area contributed by atoms with E-state index in [1.54, 1.807) is 30.6 Å². The summed E-state index contributed by atoms with van der Waals surface area (Å²) in [5.41, 5.74) is 6.70. The second-order valence-corrected chi connectivity index (χ2v) is 5.64. The summed E-state index contributed by atoms with van der Waals surface area (Å²) >= 11 is 0. The third-order valence-corrected chi connectivity index (χ3v) is 4.04. The Kier molecular flexibility index (Phi) is 4.57. The topological polar surface area (TPSA) is 96.9 Å². The molecule has 0 radical (unpaired) electrons. The minimum absolute atomic E-state index is 0.110. The van der Waals surface area contributed by atoms with Crippen LogP contribution in [-0.2, 0) is 0 Å². The Morgan fingerprint density at radius 3 is 2.57 bits per heavy atom. The lowest BCUT2D eigenvalue weighted by atomic mass is 9.93. The summed E-state index contributed by atoms with van der Waals surface area (Å²) in [4.78, 5) is 8.38. The van der Waals surface area contributed by atoms with Gasteiger partial charge in [0.15, 0.2) is 0 Å². The van der Waals surface area contributed by atoms with Crippen molar-refractivity contribution >= 4 is 11.6 Å². The zero-order chi connectivity index (χ0) is 16.1. The lowest BCUT2D eigenvalue weighted by Crippen LogP contribution is -2.31. The quantitative estimate of drug-likeness (QED) is 0.843. The second kappa shape index (κ2) is 6.97. The molecule has 1 heterocycles. The predicted octanol–water partition coefficient (Wildman–Crippen LogP) is 2.73. The van der Waals surface area contributed by atoms with Gasteiger partial charge >= 0.3 is 0 Å². The highest BCUT2D eigenvalue weighted by molar-refractivity contribution is 5.60. The van der Waals surface area contributed by atoms with Crippen molar-refractivity contribution in [2.45, 2.75) is 37.8 Å². The average molecular weight is 309 g/mol. The molecule has 2 aromatic rings. The van der Waals surface area contributed by atoms with Gasteiger partial charge < -0.3 is 15.8 Å². The zero-order valence-electron chi connectivity index (χ0n) is 12.8. The van der Waals surface area contributed by atoms with E-state index in [1.807, 2.05) is 6.07 Å². The molecule has 1 aromatic carbocycles. The van der Waals surface area contributed by atoms with E-state index < -0.39 is 0 Å². The van der Waals surface area contributed by atoms with Crippen LogP contribution < -0.4 is 15.8 Å². The van der Waals surface area contributed by atoms with E-state index in [-0.39, 0.29) is 6.10 Å². The molecular weight excluding hydrogens is 290 g/mol. The minimum atomic E-state index is 0.110. The number of nitriles is 1. The van der Waals surface area contributed by atoms with Gasteiger partial charge in [-0.15, -0.1) is 0 Å². The van der Waals surface area contributed by atoms with Gasteiger partial charge in [0.25, 0.3) is 0 Å². The third-order valence-electron chi connectivity index (χ3n) is 4.04. The number of nitrogens with two attached hydrogens (primary N) is 1. The highest BCUT2D eigenvalue weighted by Gasteiger charge is 2.23. The molecule has 118 valence electrons. The fourth-order valence-corrected chi connectivity index (χ4v) is 2.83. The average Bonchev–Trinajstić information content (AvgIpc) is 2.58. The van der Waals surface area contributed by atoms with E-state index in [0.29, 0.717) is 29.0 Å².